The first-order chi connectivity index (χ1) is 11.2. The molecule has 0 radical (unpaired) electrons. The molecule has 8 heteroatoms. The Bertz CT molecular complexity index is 636. The van der Waals surface area contributed by atoms with Gasteiger partial charge in [0.2, 0.25) is 0 Å². The maximum Gasteiger partial charge on any atom is 0.191 e. The van der Waals surface area contributed by atoms with Crippen LogP contribution in [0, 0.1) is 11.6 Å². The predicted octanol–water partition coefficient (Wildman–Crippen LogP) is 3.31. The van der Waals surface area contributed by atoms with Crippen molar-refractivity contribution in [1.82, 2.24) is 10.6 Å². The predicted molar refractivity (Wildman–Crippen MR) is 98.8 cm³/mol. The fourth-order valence-electron chi connectivity index (χ4n) is 1.81. The van der Waals surface area contributed by atoms with Gasteiger partial charge in [0, 0.05) is 12.6 Å². The molecule has 5 nitrogen and oxygen atoms in total. The largest absolute Gasteiger partial charge is 0.492 e. The average molecular weight is 451 g/mol. The van der Waals surface area contributed by atoms with Gasteiger partial charge in [-0.1, -0.05) is 0 Å². The van der Waals surface area contributed by atoms with Crippen molar-refractivity contribution in [3.8, 4) is 5.75 Å². The molecule has 2 rings (SSSR count). The van der Waals surface area contributed by atoms with Gasteiger partial charge in [-0.25, -0.2) is 13.8 Å². The molecule has 0 amide bonds. The first-order valence-corrected chi connectivity index (χ1v) is 7.31. The van der Waals surface area contributed by atoms with Crippen LogP contribution in [-0.2, 0) is 6.54 Å². The van der Waals surface area contributed by atoms with E-state index in [4.69, 9.17) is 9.15 Å². The van der Waals surface area contributed by atoms with Crippen LogP contribution in [0.15, 0.2) is 46.0 Å². The number of nitrogens with zero attached hydrogens (tertiary/aromatic N) is 1. The van der Waals surface area contributed by atoms with E-state index in [9.17, 15) is 8.78 Å². The second-order valence-corrected chi connectivity index (χ2v) is 4.63. The van der Waals surface area contributed by atoms with E-state index in [0.717, 1.165) is 17.9 Å². The van der Waals surface area contributed by atoms with Crippen molar-refractivity contribution < 1.29 is 17.9 Å². The molecule has 2 aromatic rings. The molecule has 0 saturated carbocycles. The van der Waals surface area contributed by atoms with E-state index in [1.165, 1.54) is 6.07 Å². The van der Waals surface area contributed by atoms with Crippen LogP contribution < -0.4 is 15.4 Å². The molecule has 0 unspecified atom stereocenters. The van der Waals surface area contributed by atoms with Crippen LogP contribution in [0.3, 0.4) is 0 Å². The third kappa shape index (κ3) is 6.73. The van der Waals surface area contributed by atoms with Crippen LogP contribution in [0.5, 0.6) is 5.75 Å². The minimum atomic E-state index is -0.927. The molecule has 1 aromatic heterocycles. The van der Waals surface area contributed by atoms with Gasteiger partial charge in [-0.2, -0.15) is 0 Å². The van der Waals surface area contributed by atoms with Crippen molar-refractivity contribution in [3.63, 3.8) is 0 Å². The summed E-state index contributed by atoms with van der Waals surface area (Å²) in [5, 5.41) is 6.18. The quantitative estimate of drug-likeness (QED) is 0.294. The summed E-state index contributed by atoms with van der Waals surface area (Å²) in [7, 11) is 0. The summed E-state index contributed by atoms with van der Waals surface area (Å²) >= 11 is 0. The Morgan fingerprint density at radius 2 is 2.04 bits per heavy atom. The van der Waals surface area contributed by atoms with Crippen LogP contribution in [0.4, 0.5) is 8.78 Å². The number of rotatable bonds is 7. The number of halogens is 3. The van der Waals surface area contributed by atoms with Gasteiger partial charge in [0.1, 0.15) is 24.7 Å². The summed E-state index contributed by atoms with van der Waals surface area (Å²) in [6, 6.07) is 7.09. The lowest BCUT2D eigenvalue weighted by atomic mass is 10.3. The summed E-state index contributed by atoms with van der Waals surface area (Å²) in [6.07, 6.45) is 1.60. The summed E-state index contributed by atoms with van der Waals surface area (Å²) in [5.41, 5.74) is 0. The third-order valence-corrected chi connectivity index (χ3v) is 2.87. The molecule has 0 aliphatic carbocycles. The molecule has 0 aliphatic rings. The number of nitrogens with one attached hydrogen (secondary N) is 2. The smallest absolute Gasteiger partial charge is 0.191 e. The van der Waals surface area contributed by atoms with Gasteiger partial charge >= 0.3 is 0 Å². The van der Waals surface area contributed by atoms with Crippen LogP contribution in [0.25, 0.3) is 0 Å². The molecule has 1 aromatic carbocycles. The van der Waals surface area contributed by atoms with Gasteiger partial charge in [0.15, 0.2) is 17.6 Å². The fourth-order valence-corrected chi connectivity index (χ4v) is 1.81. The Hall–Kier alpha value is -1.84. The summed E-state index contributed by atoms with van der Waals surface area (Å²) in [5.74, 6) is -0.153. The topological polar surface area (TPSA) is 58.8 Å². The minimum absolute atomic E-state index is 0. The van der Waals surface area contributed by atoms with E-state index in [-0.39, 0.29) is 36.3 Å². The highest BCUT2D eigenvalue weighted by atomic mass is 127. The average Bonchev–Trinajstić information content (AvgIpc) is 3.06. The summed E-state index contributed by atoms with van der Waals surface area (Å²) < 4.78 is 36.4. The highest BCUT2D eigenvalue weighted by molar-refractivity contribution is 14.0. The molecule has 2 N–H and O–H groups in total. The highest BCUT2D eigenvalue weighted by Crippen LogP contribution is 2.14. The minimum Gasteiger partial charge on any atom is -0.492 e. The molecule has 0 spiro atoms. The molecule has 1 heterocycles. The normalized spacial score (nSPS) is 10.9. The van der Waals surface area contributed by atoms with Gasteiger partial charge in [-0.05, 0) is 31.2 Å². The van der Waals surface area contributed by atoms with Crippen molar-refractivity contribution >= 4 is 29.9 Å². The van der Waals surface area contributed by atoms with Crippen LogP contribution in [0.2, 0.25) is 0 Å². The number of aliphatic imine (C=N–C) groups is 1. The zero-order valence-electron chi connectivity index (χ0n) is 13.2. The number of hydrogen-bond acceptors (Lipinski definition) is 3. The maximum atomic E-state index is 13.0. The molecule has 132 valence electrons. The molecular weight excluding hydrogens is 431 g/mol. The number of furan rings is 1. The Balaban J connectivity index is 0.00000288. The number of benzene rings is 1. The zero-order valence-corrected chi connectivity index (χ0v) is 15.6. The van der Waals surface area contributed by atoms with Crippen LogP contribution in [0.1, 0.15) is 12.7 Å². The molecule has 0 fully saturated rings. The number of guanidine groups is 1. The van der Waals surface area contributed by atoms with Gasteiger partial charge in [-0.15, -0.1) is 24.0 Å². The zero-order chi connectivity index (χ0) is 16.5. The first kappa shape index (κ1) is 20.2. The lowest BCUT2D eigenvalue weighted by molar-refractivity contribution is 0.318. The van der Waals surface area contributed by atoms with Crippen molar-refractivity contribution in [2.24, 2.45) is 4.99 Å². The molecule has 0 bridgehead atoms. The van der Waals surface area contributed by atoms with E-state index in [1.54, 1.807) is 12.3 Å². The van der Waals surface area contributed by atoms with E-state index in [2.05, 4.69) is 15.6 Å². The van der Waals surface area contributed by atoms with E-state index >= 15 is 0 Å². The Morgan fingerprint density at radius 1 is 1.21 bits per heavy atom. The van der Waals surface area contributed by atoms with Crippen molar-refractivity contribution in [2.75, 3.05) is 19.7 Å². The first-order valence-electron chi connectivity index (χ1n) is 7.31. The highest BCUT2D eigenvalue weighted by Gasteiger charge is 2.03. The second kappa shape index (κ2) is 10.8. The Labute approximate surface area is 156 Å². The van der Waals surface area contributed by atoms with Gasteiger partial charge in [0.25, 0.3) is 0 Å². The number of hydrogen-bond donors (Lipinski definition) is 2. The van der Waals surface area contributed by atoms with Gasteiger partial charge in [-0.3, -0.25) is 0 Å². The summed E-state index contributed by atoms with van der Waals surface area (Å²) in [4.78, 5) is 4.36. The lowest BCUT2D eigenvalue weighted by Crippen LogP contribution is -2.39. The second-order valence-electron chi connectivity index (χ2n) is 4.63. The molecular formula is C16H20F2IN3O2. The summed E-state index contributed by atoms with van der Waals surface area (Å²) in [6.45, 7) is 3.85. The molecule has 0 saturated heterocycles. The standard InChI is InChI=1S/C16H19F2N3O2.HI/c1-2-19-16(21-11-13-4-3-8-22-13)20-7-9-23-12-5-6-14(17)15(18)10-12;/h3-6,8,10H,2,7,9,11H2,1H3,(H2,19,20,21);1H. The van der Waals surface area contributed by atoms with Crippen molar-refractivity contribution in [1.29, 1.82) is 0 Å². The van der Waals surface area contributed by atoms with Crippen molar-refractivity contribution in [2.45, 2.75) is 13.5 Å². The van der Waals surface area contributed by atoms with Gasteiger partial charge < -0.3 is 19.8 Å². The molecule has 0 atom stereocenters. The SMILES string of the molecule is CCNC(=NCc1ccco1)NCCOc1ccc(F)c(F)c1.I. The van der Waals surface area contributed by atoms with E-state index in [0.29, 0.717) is 25.6 Å². The monoisotopic (exact) mass is 451 g/mol. The Morgan fingerprint density at radius 3 is 2.71 bits per heavy atom. The van der Waals surface area contributed by atoms with Crippen LogP contribution >= 0.6 is 24.0 Å². The molecule has 24 heavy (non-hydrogen) atoms. The van der Waals surface area contributed by atoms with E-state index in [1.807, 2.05) is 13.0 Å². The lowest BCUT2D eigenvalue weighted by Gasteiger charge is -2.12. The van der Waals surface area contributed by atoms with Gasteiger partial charge in [0.05, 0.1) is 12.8 Å². The van der Waals surface area contributed by atoms with E-state index < -0.39 is 11.6 Å². The fraction of sp³-hybridized carbons (Fsp3) is 0.312. The molecule has 0 aliphatic heterocycles. The number of ether oxygens (including phenoxy) is 1. The Kier molecular flexibility index (Phi) is 9.13. The van der Waals surface area contributed by atoms with Crippen molar-refractivity contribution in [3.05, 3.63) is 54.0 Å². The third-order valence-electron chi connectivity index (χ3n) is 2.87. The van der Waals surface area contributed by atoms with Crippen LogP contribution in [-0.4, -0.2) is 25.7 Å². The maximum absolute atomic E-state index is 13.0.